The summed E-state index contributed by atoms with van der Waals surface area (Å²) in [5, 5.41) is 0. The number of hydrogen-bond acceptors (Lipinski definition) is 4. The highest BCUT2D eigenvalue weighted by atomic mass is 14.7. The van der Waals surface area contributed by atoms with Gasteiger partial charge in [0.2, 0.25) is 0 Å². The largest absolute Gasteiger partial charge is 0.328 e. The van der Waals surface area contributed by atoms with E-state index in [1.165, 1.54) is 109 Å². The van der Waals surface area contributed by atoms with Gasteiger partial charge in [-0.1, -0.05) is 13.8 Å². The van der Waals surface area contributed by atoms with E-state index in [1.807, 2.05) is 0 Å². The average molecular weight is 477 g/mol. The lowest BCUT2D eigenvalue weighted by atomic mass is 9.60. The smallest absolute Gasteiger partial charge is 0.0126 e. The summed E-state index contributed by atoms with van der Waals surface area (Å²) in [7, 11) is 0. The molecule has 200 valence electrons. The van der Waals surface area contributed by atoms with Crippen molar-refractivity contribution >= 4 is 0 Å². The molecule has 0 aromatic rings. The molecule has 0 bridgehead atoms. The van der Waals surface area contributed by atoms with Crippen molar-refractivity contribution in [1.82, 2.24) is 0 Å². The molecule has 4 aliphatic rings. The molecule has 0 radical (unpaired) electrons. The van der Waals surface area contributed by atoms with Crippen LogP contribution in [0.15, 0.2) is 0 Å². The Morgan fingerprint density at radius 1 is 0.559 bits per heavy atom. The maximum atomic E-state index is 6.19. The molecular weight excluding hydrogens is 416 g/mol. The van der Waals surface area contributed by atoms with Crippen LogP contribution in [0, 0.1) is 29.1 Å². The lowest BCUT2D eigenvalue weighted by Gasteiger charge is -2.46. The highest BCUT2D eigenvalue weighted by molar-refractivity contribution is 4.92. The molecule has 4 aliphatic carbocycles. The highest BCUT2D eigenvalue weighted by Crippen LogP contribution is 2.48. The zero-order chi connectivity index (χ0) is 25.0. The Balaban J connectivity index is 0.000000191. The Bertz CT molecular complexity index is 527. The maximum Gasteiger partial charge on any atom is 0.0126 e. The van der Waals surface area contributed by atoms with Crippen molar-refractivity contribution in [2.45, 2.75) is 160 Å². The summed E-state index contributed by atoms with van der Waals surface area (Å²) in [6, 6.07) is 0.948. The normalized spacial score (nSPS) is 44.1. The Kier molecular flexibility index (Phi) is 9.96. The van der Waals surface area contributed by atoms with Gasteiger partial charge in [0, 0.05) is 23.2 Å². The summed E-state index contributed by atoms with van der Waals surface area (Å²) in [5.74, 6) is 3.67. The quantitative estimate of drug-likeness (QED) is 0.385. The van der Waals surface area contributed by atoms with Crippen molar-refractivity contribution in [3.05, 3.63) is 0 Å². The molecule has 4 nitrogen and oxygen atoms in total. The van der Waals surface area contributed by atoms with Crippen LogP contribution in [-0.4, -0.2) is 23.2 Å². The minimum absolute atomic E-state index is 0.124. The monoisotopic (exact) mass is 476 g/mol. The fourth-order valence-electron chi connectivity index (χ4n) is 7.68. The van der Waals surface area contributed by atoms with Crippen LogP contribution in [-0.2, 0) is 0 Å². The Morgan fingerprint density at radius 3 is 1.15 bits per heavy atom. The van der Waals surface area contributed by atoms with Crippen LogP contribution in [0.2, 0.25) is 0 Å². The van der Waals surface area contributed by atoms with Crippen LogP contribution in [0.25, 0.3) is 0 Å². The van der Waals surface area contributed by atoms with Crippen LogP contribution >= 0.6 is 0 Å². The lowest BCUT2D eigenvalue weighted by molar-refractivity contribution is 0.0523. The molecule has 4 saturated carbocycles. The van der Waals surface area contributed by atoms with Crippen molar-refractivity contribution in [2.24, 2.45) is 52.0 Å². The molecule has 0 amide bonds. The summed E-state index contributed by atoms with van der Waals surface area (Å²) in [5.41, 5.74) is 25.2. The van der Waals surface area contributed by atoms with Gasteiger partial charge < -0.3 is 22.9 Å². The molecule has 4 heteroatoms. The predicted octanol–water partition coefficient (Wildman–Crippen LogP) is 6.24. The third-order valence-corrected chi connectivity index (χ3v) is 10.8. The van der Waals surface area contributed by atoms with Gasteiger partial charge >= 0.3 is 0 Å². The second-order valence-electron chi connectivity index (χ2n) is 14.5. The zero-order valence-corrected chi connectivity index (χ0v) is 23.3. The number of rotatable bonds is 4. The summed E-state index contributed by atoms with van der Waals surface area (Å²) >= 11 is 0. The van der Waals surface area contributed by atoms with Crippen LogP contribution < -0.4 is 22.9 Å². The Labute approximate surface area is 212 Å². The molecule has 0 aromatic carbocycles. The van der Waals surface area contributed by atoms with E-state index in [0.29, 0.717) is 17.5 Å². The minimum atomic E-state index is 0.124. The summed E-state index contributed by atoms with van der Waals surface area (Å²) in [6.45, 7) is 9.42. The zero-order valence-electron chi connectivity index (χ0n) is 23.3. The highest BCUT2D eigenvalue weighted by Gasteiger charge is 2.39. The SMILES string of the molecule is CC(C)(C1CCC(N)CC1)C1CCC(N)CC1.CC1(N)CCC(CC2CCC(C)(N)CC2)CC1. The molecule has 8 N–H and O–H groups in total. The Hall–Kier alpha value is -0.160. The van der Waals surface area contributed by atoms with Gasteiger partial charge in [-0.15, -0.1) is 0 Å². The van der Waals surface area contributed by atoms with Gasteiger partial charge in [0.05, 0.1) is 0 Å². The first-order valence-electron chi connectivity index (χ1n) is 15.0. The Morgan fingerprint density at radius 2 is 0.853 bits per heavy atom. The molecule has 0 aliphatic heterocycles. The molecule has 0 unspecified atom stereocenters. The van der Waals surface area contributed by atoms with Crippen molar-refractivity contribution in [3.63, 3.8) is 0 Å². The topological polar surface area (TPSA) is 104 Å². The second kappa shape index (κ2) is 11.9. The predicted molar refractivity (Wildman–Crippen MR) is 147 cm³/mol. The van der Waals surface area contributed by atoms with E-state index in [4.69, 9.17) is 22.9 Å². The van der Waals surface area contributed by atoms with E-state index < -0.39 is 0 Å². The van der Waals surface area contributed by atoms with E-state index in [-0.39, 0.29) is 11.1 Å². The van der Waals surface area contributed by atoms with E-state index in [9.17, 15) is 0 Å². The van der Waals surface area contributed by atoms with Gasteiger partial charge in [0.25, 0.3) is 0 Å². The maximum absolute atomic E-state index is 6.19. The van der Waals surface area contributed by atoms with Gasteiger partial charge in [0.1, 0.15) is 0 Å². The molecular formula is C30H60N4. The molecule has 0 spiro atoms. The fraction of sp³-hybridized carbons (Fsp3) is 1.00. The van der Waals surface area contributed by atoms with Crippen molar-refractivity contribution in [1.29, 1.82) is 0 Å². The second-order valence-corrected chi connectivity index (χ2v) is 14.5. The molecule has 4 rings (SSSR count). The molecule has 0 heterocycles. The summed E-state index contributed by atoms with van der Waals surface area (Å²) < 4.78 is 0. The minimum Gasteiger partial charge on any atom is -0.328 e. The first-order valence-corrected chi connectivity index (χ1v) is 15.0. The van der Waals surface area contributed by atoms with Crippen LogP contribution in [0.5, 0.6) is 0 Å². The molecule has 0 saturated heterocycles. The first-order chi connectivity index (χ1) is 15.9. The third-order valence-electron chi connectivity index (χ3n) is 10.8. The lowest BCUT2D eigenvalue weighted by Crippen LogP contribution is -2.41. The summed E-state index contributed by atoms with van der Waals surface area (Å²) in [6.07, 6.45) is 22.0. The van der Waals surface area contributed by atoms with E-state index in [2.05, 4.69) is 27.7 Å². The fourth-order valence-corrected chi connectivity index (χ4v) is 7.68. The molecule has 34 heavy (non-hydrogen) atoms. The van der Waals surface area contributed by atoms with Gasteiger partial charge in [-0.3, -0.25) is 0 Å². The van der Waals surface area contributed by atoms with E-state index in [0.717, 1.165) is 23.7 Å². The number of nitrogens with two attached hydrogens (primary N) is 4. The van der Waals surface area contributed by atoms with Crippen LogP contribution in [0.3, 0.4) is 0 Å². The van der Waals surface area contributed by atoms with Crippen LogP contribution in [0.1, 0.15) is 137 Å². The van der Waals surface area contributed by atoms with Crippen molar-refractivity contribution in [3.8, 4) is 0 Å². The van der Waals surface area contributed by atoms with Crippen molar-refractivity contribution < 1.29 is 0 Å². The van der Waals surface area contributed by atoms with Gasteiger partial charge in [-0.25, -0.2) is 0 Å². The van der Waals surface area contributed by atoms with Gasteiger partial charge in [0.15, 0.2) is 0 Å². The average Bonchev–Trinajstić information content (AvgIpc) is 2.78. The molecule has 4 fully saturated rings. The van der Waals surface area contributed by atoms with Crippen LogP contribution in [0.4, 0.5) is 0 Å². The molecule has 0 aromatic heterocycles. The van der Waals surface area contributed by atoms with Crippen molar-refractivity contribution in [2.75, 3.05) is 0 Å². The van der Waals surface area contributed by atoms with Gasteiger partial charge in [-0.05, 0) is 152 Å². The molecule has 0 atom stereocenters. The van der Waals surface area contributed by atoms with Gasteiger partial charge in [-0.2, -0.15) is 0 Å². The third kappa shape index (κ3) is 8.46. The number of hydrogen-bond donors (Lipinski definition) is 4. The first kappa shape index (κ1) is 28.4. The standard InChI is InChI=1S/2C15H30N2/c1-14(16)7-3-12(4-8-14)11-13-5-9-15(2,17)10-6-13;1-15(2,11-3-7-13(16)8-4-11)12-5-9-14(17)10-6-12/h12-13H,3-11,16-17H2,1-2H3;11-14H,3-10,16-17H2,1-2H3. The van der Waals surface area contributed by atoms with E-state index in [1.54, 1.807) is 0 Å². The van der Waals surface area contributed by atoms with E-state index >= 15 is 0 Å². The summed E-state index contributed by atoms with van der Waals surface area (Å²) in [4.78, 5) is 0.